The largest absolute Gasteiger partial charge is 0.392 e. The van der Waals surface area contributed by atoms with Crippen LogP contribution in [0.25, 0.3) is 5.57 Å². The van der Waals surface area contributed by atoms with Gasteiger partial charge < -0.3 is 5.11 Å². The fraction of sp³-hybridized carbons (Fsp3) is 0.400. The minimum absolute atomic E-state index is 0.171. The molecular weight excluding hydrogens is 168 g/mol. The van der Waals surface area contributed by atoms with Gasteiger partial charge in [0.05, 0.1) is 6.61 Å². The number of aliphatic hydroxyl groups is 1. The molecule has 1 aromatic rings. The van der Waals surface area contributed by atoms with E-state index in [-0.39, 0.29) is 6.61 Å². The number of hydrogen-bond acceptors (Lipinski definition) is 2. The van der Waals surface area contributed by atoms with Gasteiger partial charge in [0.2, 0.25) is 0 Å². The molecule has 2 heteroatoms. The second kappa shape index (κ2) is 3.42. The SMILES string of the molecule is OC/C=C1\CCCc2sccc21. The fourth-order valence-corrected chi connectivity index (χ4v) is 2.67. The molecule has 1 aromatic heterocycles. The van der Waals surface area contributed by atoms with Crippen molar-refractivity contribution in [1.82, 2.24) is 0 Å². The average molecular weight is 180 g/mol. The highest BCUT2D eigenvalue weighted by atomic mass is 32.1. The smallest absolute Gasteiger partial charge is 0.0618 e. The van der Waals surface area contributed by atoms with Crippen molar-refractivity contribution in [3.8, 4) is 0 Å². The Morgan fingerprint density at radius 2 is 2.42 bits per heavy atom. The molecule has 0 atom stereocenters. The molecule has 0 spiro atoms. The molecule has 0 radical (unpaired) electrons. The summed E-state index contributed by atoms with van der Waals surface area (Å²) in [5.41, 5.74) is 2.71. The van der Waals surface area contributed by atoms with Crippen LogP contribution >= 0.6 is 11.3 Å². The van der Waals surface area contributed by atoms with Crippen LogP contribution in [0.2, 0.25) is 0 Å². The Morgan fingerprint density at radius 1 is 1.50 bits per heavy atom. The monoisotopic (exact) mass is 180 g/mol. The van der Waals surface area contributed by atoms with Crippen LogP contribution in [0.15, 0.2) is 17.5 Å². The number of aliphatic hydroxyl groups excluding tert-OH is 1. The molecule has 0 saturated heterocycles. The van der Waals surface area contributed by atoms with E-state index in [0.717, 1.165) is 6.42 Å². The maximum Gasteiger partial charge on any atom is 0.0618 e. The van der Waals surface area contributed by atoms with Crippen molar-refractivity contribution in [1.29, 1.82) is 0 Å². The highest BCUT2D eigenvalue weighted by Gasteiger charge is 2.13. The number of aryl methyl sites for hydroxylation is 1. The summed E-state index contributed by atoms with van der Waals surface area (Å²) in [7, 11) is 0. The Hall–Kier alpha value is -0.600. The van der Waals surface area contributed by atoms with Gasteiger partial charge in [0.25, 0.3) is 0 Å². The summed E-state index contributed by atoms with van der Waals surface area (Å²) in [6.07, 6.45) is 5.52. The van der Waals surface area contributed by atoms with Gasteiger partial charge in [-0.1, -0.05) is 6.08 Å². The normalized spacial score (nSPS) is 19.6. The zero-order chi connectivity index (χ0) is 8.39. The molecule has 12 heavy (non-hydrogen) atoms. The highest BCUT2D eigenvalue weighted by Crippen LogP contribution is 2.33. The van der Waals surface area contributed by atoms with Crippen molar-refractivity contribution in [3.63, 3.8) is 0 Å². The van der Waals surface area contributed by atoms with Gasteiger partial charge in [-0.05, 0) is 41.8 Å². The molecule has 1 aliphatic carbocycles. The lowest BCUT2D eigenvalue weighted by molar-refractivity contribution is 0.343. The predicted molar refractivity (Wildman–Crippen MR) is 52.3 cm³/mol. The number of fused-ring (bicyclic) bond motifs is 1. The topological polar surface area (TPSA) is 20.2 Å². The van der Waals surface area contributed by atoms with Crippen LogP contribution in [-0.4, -0.2) is 11.7 Å². The molecule has 64 valence electrons. The lowest BCUT2D eigenvalue weighted by Gasteiger charge is -2.14. The first kappa shape index (κ1) is 8.02. The summed E-state index contributed by atoms with van der Waals surface area (Å²) >= 11 is 1.83. The maximum absolute atomic E-state index is 8.81. The van der Waals surface area contributed by atoms with Gasteiger partial charge >= 0.3 is 0 Å². The molecule has 1 N–H and O–H groups in total. The van der Waals surface area contributed by atoms with Crippen molar-refractivity contribution >= 4 is 16.9 Å². The molecule has 0 amide bonds. The lowest BCUT2D eigenvalue weighted by atomic mass is 9.93. The van der Waals surface area contributed by atoms with Gasteiger partial charge in [-0.25, -0.2) is 0 Å². The van der Waals surface area contributed by atoms with Crippen LogP contribution in [0.1, 0.15) is 23.3 Å². The highest BCUT2D eigenvalue weighted by molar-refractivity contribution is 7.10. The maximum atomic E-state index is 8.81. The fourth-order valence-electron chi connectivity index (χ4n) is 1.72. The first-order valence-electron chi connectivity index (χ1n) is 4.28. The molecule has 2 rings (SSSR count). The van der Waals surface area contributed by atoms with E-state index < -0.39 is 0 Å². The van der Waals surface area contributed by atoms with Crippen LogP contribution in [0, 0.1) is 0 Å². The zero-order valence-corrected chi connectivity index (χ0v) is 7.73. The third-order valence-electron chi connectivity index (χ3n) is 2.28. The van der Waals surface area contributed by atoms with Gasteiger partial charge in [-0.3, -0.25) is 0 Å². The first-order chi connectivity index (χ1) is 5.92. The van der Waals surface area contributed by atoms with Crippen LogP contribution in [0.5, 0.6) is 0 Å². The average Bonchev–Trinajstić information content (AvgIpc) is 2.53. The quantitative estimate of drug-likeness (QED) is 0.704. The first-order valence-corrected chi connectivity index (χ1v) is 5.16. The van der Waals surface area contributed by atoms with Crippen molar-refractivity contribution < 1.29 is 5.11 Å². The van der Waals surface area contributed by atoms with Crippen LogP contribution in [0.3, 0.4) is 0 Å². The van der Waals surface area contributed by atoms with Gasteiger partial charge in [-0.2, -0.15) is 0 Å². The van der Waals surface area contributed by atoms with Gasteiger partial charge in [0.1, 0.15) is 0 Å². The van der Waals surface area contributed by atoms with Crippen LogP contribution < -0.4 is 0 Å². The molecule has 1 aliphatic rings. The van der Waals surface area contributed by atoms with E-state index in [4.69, 9.17) is 5.11 Å². The van der Waals surface area contributed by atoms with Crippen molar-refractivity contribution in [2.24, 2.45) is 0 Å². The van der Waals surface area contributed by atoms with E-state index in [9.17, 15) is 0 Å². The van der Waals surface area contributed by atoms with Crippen LogP contribution in [0.4, 0.5) is 0 Å². The molecule has 1 heterocycles. The van der Waals surface area contributed by atoms with E-state index in [0.29, 0.717) is 0 Å². The standard InChI is InChI=1S/C10H12OS/c11-6-4-8-2-1-3-10-9(8)5-7-12-10/h4-5,7,11H,1-3,6H2/b8-4+. The number of thiophene rings is 1. The van der Waals surface area contributed by atoms with Gasteiger partial charge in [0, 0.05) is 4.88 Å². The molecule has 0 aromatic carbocycles. The summed E-state index contributed by atoms with van der Waals surface area (Å²) < 4.78 is 0. The summed E-state index contributed by atoms with van der Waals surface area (Å²) in [4.78, 5) is 1.49. The molecule has 0 fully saturated rings. The molecule has 0 aliphatic heterocycles. The molecule has 0 unspecified atom stereocenters. The van der Waals surface area contributed by atoms with Crippen molar-refractivity contribution in [2.45, 2.75) is 19.3 Å². The van der Waals surface area contributed by atoms with Crippen molar-refractivity contribution in [2.75, 3.05) is 6.61 Å². The Kier molecular flexibility index (Phi) is 2.28. The minimum Gasteiger partial charge on any atom is -0.392 e. The van der Waals surface area contributed by atoms with E-state index >= 15 is 0 Å². The van der Waals surface area contributed by atoms with E-state index in [1.165, 1.54) is 28.9 Å². The molecular formula is C10H12OS. The van der Waals surface area contributed by atoms with E-state index in [1.807, 2.05) is 17.4 Å². The number of hydrogen-bond donors (Lipinski definition) is 1. The summed E-state index contributed by atoms with van der Waals surface area (Å²) in [6, 6.07) is 2.17. The Bertz CT molecular complexity index is 299. The minimum atomic E-state index is 0.171. The second-order valence-corrected chi connectivity index (χ2v) is 4.02. The predicted octanol–water partition coefficient (Wildman–Crippen LogP) is 2.46. The van der Waals surface area contributed by atoms with E-state index in [1.54, 1.807) is 0 Å². The van der Waals surface area contributed by atoms with Crippen molar-refractivity contribution in [3.05, 3.63) is 28.0 Å². The molecule has 1 nitrogen and oxygen atoms in total. The summed E-state index contributed by atoms with van der Waals surface area (Å²) in [5.74, 6) is 0. The van der Waals surface area contributed by atoms with Gasteiger partial charge in [0.15, 0.2) is 0 Å². The van der Waals surface area contributed by atoms with Gasteiger partial charge in [-0.15, -0.1) is 11.3 Å². The summed E-state index contributed by atoms with van der Waals surface area (Å²) in [5, 5.41) is 10.9. The third kappa shape index (κ3) is 1.32. The molecule has 0 bridgehead atoms. The number of allylic oxidation sites excluding steroid dienone is 1. The summed E-state index contributed by atoms with van der Waals surface area (Å²) in [6.45, 7) is 0.171. The lowest BCUT2D eigenvalue weighted by Crippen LogP contribution is -1.97. The molecule has 0 saturated carbocycles. The Balaban J connectivity index is 2.38. The third-order valence-corrected chi connectivity index (χ3v) is 3.26. The zero-order valence-electron chi connectivity index (χ0n) is 6.92. The van der Waals surface area contributed by atoms with Crippen LogP contribution in [-0.2, 0) is 6.42 Å². The Morgan fingerprint density at radius 3 is 3.25 bits per heavy atom. The Labute approximate surface area is 76.4 Å². The number of rotatable bonds is 1. The van der Waals surface area contributed by atoms with E-state index in [2.05, 4.69) is 11.4 Å². The second-order valence-electron chi connectivity index (χ2n) is 3.02.